The Morgan fingerprint density at radius 1 is 1.53 bits per heavy atom. The van der Waals surface area contributed by atoms with Gasteiger partial charge in [0.25, 0.3) is 5.56 Å². The molecule has 1 aromatic heterocycles. The van der Waals surface area contributed by atoms with Crippen LogP contribution in [0.4, 0.5) is 0 Å². The Bertz CT molecular complexity index is 408. The molecule has 1 aliphatic heterocycles. The Morgan fingerprint density at radius 2 is 2.33 bits per heavy atom. The average Bonchev–Trinajstić information content (AvgIpc) is 2.26. The highest BCUT2D eigenvalue weighted by atomic mass is 16.3. The molecule has 1 unspecified atom stereocenters. The number of aromatic nitrogens is 2. The molecule has 1 atom stereocenters. The zero-order valence-corrected chi connectivity index (χ0v) is 8.71. The van der Waals surface area contributed by atoms with E-state index < -0.39 is 0 Å². The van der Waals surface area contributed by atoms with E-state index in [9.17, 15) is 9.90 Å². The van der Waals surface area contributed by atoms with Gasteiger partial charge in [-0.25, -0.2) is 0 Å². The van der Waals surface area contributed by atoms with Gasteiger partial charge in [-0.15, -0.1) is 0 Å². The Morgan fingerprint density at radius 3 is 2.93 bits per heavy atom. The zero-order valence-electron chi connectivity index (χ0n) is 8.71. The average molecular weight is 209 g/mol. The SMILES string of the molecule is Cc1c(O)nc(C2CCCNC2)[nH]c1=O. The van der Waals surface area contributed by atoms with Gasteiger partial charge >= 0.3 is 0 Å². The van der Waals surface area contributed by atoms with Gasteiger partial charge in [0.1, 0.15) is 5.82 Å². The van der Waals surface area contributed by atoms with Gasteiger partial charge in [0, 0.05) is 12.5 Å². The van der Waals surface area contributed by atoms with E-state index >= 15 is 0 Å². The van der Waals surface area contributed by atoms with Gasteiger partial charge in [0.15, 0.2) is 0 Å². The Balaban J connectivity index is 2.32. The second-order valence-corrected chi connectivity index (χ2v) is 3.94. The van der Waals surface area contributed by atoms with Gasteiger partial charge in [-0.3, -0.25) is 4.79 Å². The molecule has 0 saturated carbocycles. The summed E-state index contributed by atoms with van der Waals surface area (Å²) < 4.78 is 0. The van der Waals surface area contributed by atoms with Crippen LogP contribution < -0.4 is 10.9 Å². The van der Waals surface area contributed by atoms with E-state index in [1.807, 2.05) is 0 Å². The van der Waals surface area contributed by atoms with Crippen molar-refractivity contribution in [2.24, 2.45) is 0 Å². The van der Waals surface area contributed by atoms with Crippen molar-refractivity contribution in [1.29, 1.82) is 0 Å². The normalized spacial score (nSPS) is 21.5. The van der Waals surface area contributed by atoms with Crippen LogP contribution in [-0.2, 0) is 0 Å². The minimum absolute atomic E-state index is 0.153. The van der Waals surface area contributed by atoms with E-state index in [4.69, 9.17) is 0 Å². The van der Waals surface area contributed by atoms with E-state index in [-0.39, 0.29) is 22.9 Å². The third-order valence-corrected chi connectivity index (χ3v) is 2.83. The monoisotopic (exact) mass is 209 g/mol. The van der Waals surface area contributed by atoms with Gasteiger partial charge in [0.2, 0.25) is 5.88 Å². The highest BCUT2D eigenvalue weighted by Gasteiger charge is 2.18. The van der Waals surface area contributed by atoms with E-state index in [1.54, 1.807) is 6.92 Å². The van der Waals surface area contributed by atoms with Crippen molar-refractivity contribution < 1.29 is 5.11 Å². The summed E-state index contributed by atoms with van der Waals surface area (Å²) in [5.74, 6) is 0.646. The number of aromatic amines is 1. The highest BCUT2D eigenvalue weighted by molar-refractivity contribution is 5.21. The van der Waals surface area contributed by atoms with Crippen molar-refractivity contribution in [2.45, 2.75) is 25.7 Å². The van der Waals surface area contributed by atoms with E-state index in [0.29, 0.717) is 5.82 Å². The molecule has 5 heteroatoms. The minimum Gasteiger partial charge on any atom is -0.493 e. The maximum absolute atomic E-state index is 11.4. The number of hydrogen-bond acceptors (Lipinski definition) is 4. The summed E-state index contributed by atoms with van der Waals surface area (Å²) in [6.07, 6.45) is 2.07. The van der Waals surface area contributed by atoms with E-state index in [2.05, 4.69) is 15.3 Å². The molecule has 3 N–H and O–H groups in total. The molecular weight excluding hydrogens is 194 g/mol. The van der Waals surface area contributed by atoms with Crippen molar-refractivity contribution in [2.75, 3.05) is 13.1 Å². The van der Waals surface area contributed by atoms with Crippen LogP contribution in [-0.4, -0.2) is 28.2 Å². The van der Waals surface area contributed by atoms with Gasteiger partial charge in [-0.1, -0.05) is 0 Å². The highest BCUT2D eigenvalue weighted by Crippen LogP contribution is 2.20. The molecule has 1 aromatic rings. The molecule has 5 nitrogen and oxygen atoms in total. The number of rotatable bonds is 1. The molecule has 0 aliphatic carbocycles. The molecule has 0 spiro atoms. The Kier molecular flexibility index (Phi) is 2.73. The first-order valence-electron chi connectivity index (χ1n) is 5.19. The maximum atomic E-state index is 11.4. The van der Waals surface area contributed by atoms with E-state index in [1.165, 1.54) is 0 Å². The molecule has 1 aliphatic rings. The lowest BCUT2D eigenvalue weighted by atomic mass is 9.99. The fourth-order valence-electron chi connectivity index (χ4n) is 1.82. The molecule has 0 aromatic carbocycles. The molecule has 2 heterocycles. The maximum Gasteiger partial charge on any atom is 0.257 e. The lowest BCUT2D eigenvalue weighted by Gasteiger charge is -2.21. The van der Waals surface area contributed by atoms with Crippen LogP contribution in [0.2, 0.25) is 0 Å². The van der Waals surface area contributed by atoms with Crippen LogP contribution in [0.1, 0.15) is 30.1 Å². The van der Waals surface area contributed by atoms with Crippen LogP contribution in [0, 0.1) is 6.92 Å². The predicted octanol–water partition coefficient (Wildman–Crippen LogP) is 0.251. The second-order valence-electron chi connectivity index (χ2n) is 3.94. The van der Waals surface area contributed by atoms with Gasteiger partial charge in [0.05, 0.1) is 5.56 Å². The summed E-state index contributed by atoms with van der Waals surface area (Å²) in [6.45, 7) is 3.38. The van der Waals surface area contributed by atoms with Crippen LogP contribution in [0.5, 0.6) is 5.88 Å². The molecule has 82 valence electrons. The standard InChI is InChI=1S/C10H15N3O2/c1-6-9(14)12-8(13-10(6)15)7-3-2-4-11-5-7/h7,11H,2-5H2,1H3,(H2,12,13,14,15). The van der Waals surface area contributed by atoms with Gasteiger partial charge < -0.3 is 15.4 Å². The van der Waals surface area contributed by atoms with Crippen molar-refractivity contribution >= 4 is 0 Å². The van der Waals surface area contributed by atoms with Crippen LogP contribution in [0.25, 0.3) is 0 Å². The molecule has 2 rings (SSSR count). The first kappa shape index (κ1) is 10.2. The van der Waals surface area contributed by atoms with Gasteiger partial charge in [-0.05, 0) is 26.3 Å². The number of nitrogens with one attached hydrogen (secondary N) is 2. The molecule has 0 radical (unpaired) electrons. The summed E-state index contributed by atoms with van der Waals surface area (Å²) in [5, 5.41) is 12.7. The Hall–Kier alpha value is -1.36. The number of H-pyrrole nitrogens is 1. The zero-order chi connectivity index (χ0) is 10.8. The predicted molar refractivity (Wildman–Crippen MR) is 56.1 cm³/mol. The summed E-state index contributed by atoms with van der Waals surface area (Å²) in [7, 11) is 0. The third-order valence-electron chi connectivity index (χ3n) is 2.83. The lowest BCUT2D eigenvalue weighted by molar-refractivity contribution is 0.417. The third kappa shape index (κ3) is 2.02. The smallest absolute Gasteiger partial charge is 0.257 e. The molecule has 0 amide bonds. The van der Waals surface area contributed by atoms with Crippen molar-refractivity contribution in [3.05, 3.63) is 21.7 Å². The number of aromatic hydroxyl groups is 1. The van der Waals surface area contributed by atoms with Gasteiger partial charge in [-0.2, -0.15) is 4.98 Å². The lowest BCUT2D eigenvalue weighted by Crippen LogP contribution is -2.30. The van der Waals surface area contributed by atoms with Crippen LogP contribution >= 0.6 is 0 Å². The quantitative estimate of drug-likeness (QED) is 0.619. The summed E-state index contributed by atoms with van der Waals surface area (Å²) >= 11 is 0. The molecule has 0 bridgehead atoms. The first-order valence-corrected chi connectivity index (χ1v) is 5.19. The topological polar surface area (TPSA) is 78.0 Å². The van der Waals surface area contributed by atoms with Crippen molar-refractivity contribution in [3.8, 4) is 5.88 Å². The number of hydrogen-bond donors (Lipinski definition) is 3. The fraction of sp³-hybridized carbons (Fsp3) is 0.600. The Labute approximate surface area is 87.6 Å². The minimum atomic E-state index is -0.247. The second kappa shape index (κ2) is 4.02. The summed E-state index contributed by atoms with van der Waals surface area (Å²) in [6, 6.07) is 0. The molecule has 15 heavy (non-hydrogen) atoms. The van der Waals surface area contributed by atoms with Crippen molar-refractivity contribution in [3.63, 3.8) is 0 Å². The molecular formula is C10H15N3O2. The van der Waals surface area contributed by atoms with Crippen LogP contribution in [0.15, 0.2) is 4.79 Å². The number of nitrogens with zero attached hydrogens (tertiary/aromatic N) is 1. The van der Waals surface area contributed by atoms with Crippen molar-refractivity contribution in [1.82, 2.24) is 15.3 Å². The first-order chi connectivity index (χ1) is 7.18. The molecule has 1 fully saturated rings. The van der Waals surface area contributed by atoms with E-state index in [0.717, 1.165) is 25.9 Å². The largest absolute Gasteiger partial charge is 0.493 e. The fourth-order valence-corrected chi connectivity index (χ4v) is 1.82. The summed E-state index contributed by atoms with van der Waals surface area (Å²) in [4.78, 5) is 18.2. The summed E-state index contributed by atoms with van der Waals surface area (Å²) in [5.41, 5.74) is 0.0330. The molecule has 1 saturated heterocycles. The number of piperidine rings is 1. The van der Waals surface area contributed by atoms with Crippen LogP contribution in [0.3, 0.4) is 0 Å².